The maximum atomic E-state index is 12.2. The van der Waals surface area contributed by atoms with Gasteiger partial charge in [-0.2, -0.15) is 0 Å². The van der Waals surface area contributed by atoms with E-state index in [2.05, 4.69) is 15.6 Å². The molecule has 0 spiro atoms. The fraction of sp³-hybridized carbons (Fsp3) is 0.250. The first kappa shape index (κ1) is 21.5. The van der Waals surface area contributed by atoms with E-state index in [1.807, 2.05) is 43.3 Å². The first-order chi connectivity index (χ1) is 14.5. The van der Waals surface area contributed by atoms with Crippen molar-refractivity contribution in [1.82, 2.24) is 10.3 Å². The second-order valence-corrected chi connectivity index (χ2v) is 7.25. The van der Waals surface area contributed by atoms with Gasteiger partial charge in [0.2, 0.25) is 5.91 Å². The van der Waals surface area contributed by atoms with Gasteiger partial charge in [0, 0.05) is 18.4 Å². The predicted molar refractivity (Wildman–Crippen MR) is 117 cm³/mol. The van der Waals surface area contributed by atoms with Gasteiger partial charge in [-0.25, -0.2) is 0 Å². The number of carbonyl (C=O) groups excluding carboxylic acids is 1. The molecular formula is C24H27N3O3. The highest BCUT2D eigenvalue weighted by Crippen LogP contribution is 2.16. The molecule has 0 aliphatic rings. The van der Waals surface area contributed by atoms with Crippen LogP contribution in [-0.2, 0) is 17.6 Å². The van der Waals surface area contributed by atoms with Crippen molar-refractivity contribution in [2.45, 2.75) is 25.9 Å². The van der Waals surface area contributed by atoms with Gasteiger partial charge in [-0.15, -0.1) is 0 Å². The van der Waals surface area contributed by atoms with Gasteiger partial charge in [-0.1, -0.05) is 30.3 Å². The third-order valence-corrected chi connectivity index (χ3v) is 4.89. The molecule has 6 heteroatoms. The SMILES string of the molecule is Cc1cccnc1CC(=O)Nc1ccc(CCNCC(O)c2ccc(O)cc2)cc1. The maximum Gasteiger partial charge on any atom is 0.230 e. The van der Waals surface area contributed by atoms with Crippen molar-refractivity contribution >= 4 is 11.6 Å². The van der Waals surface area contributed by atoms with Crippen molar-refractivity contribution in [3.05, 3.63) is 89.2 Å². The highest BCUT2D eigenvalue weighted by Gasteiger charge is 2.08. The van der Waals surface area contributed by atoms with Crippen LogP contribution in [-0.4, -0.2) is 34.2 Å². The smallest absolute Gasteiger partial charge is 0.230 e. The van der Waals surface area contributed by atoms with E-state index in [1.165, 1.54) is 0 Å². The number of anilines is 1. The van der Waals surface area contributed by atoms with Crippen LogP contribution >= 0.6 is 0 Å². The van der Waals surface area contributed by atoms with Gasteiger partial charge < -0.3 is 20.8 Å². The number of hydrogen-bond acceptors (Lipinski definition) is 5. The van der Waals surface area contributed by atoms with E-state index in [1.54, 1.807) is 30.5 Å². The van der Waals surface area contributed by atoms with Crippen LogP contribution in [0.2, 0.25) is 0 Å². The number of aliphatic hydroxyl groups is 1. The topological polar surface area (TPSA) is 94.5 Å². The van der Waals surface area contributed by atoms with Crippen molar-refractivity contribution in [3.8, 4) is 5.75 Å². The second-order valence-electron chi connectivity index (χ2n) is 7.25. The van der Waals surface area contributed by atoms with Crippen LogP contribution in [0.4, 0.5) is 5.69 Å². The van der Waals surface area contributed by atoms with E-state index in [0.29, 0.717) is 6.54 Å². The summed E-state index contributed by atoms with van der Waals surface area (Å²) in [6.45, 7) is 3.10. The Bertz CT molecular complexity index is 956. The monoisotopic (exact) mass is 405 g/mol. The number of nitrogens with zero attached hydrogens (tertiary/aromatic N) is 1. The molecule has 0 fully saturated rings. The molecule has 30 heavy (non-hydrogen) atoms. The Labute approximate surface area is 176 Å². The number of pyridine rings is 1. The van der Waals surface area contributed by atoms with Crippen molar-refractivity contribution in [2.24, 2.45) is 0 Å². The Hall–Kier alpha value is -3.22. The molecule has 0 saturated heterocycles. The van der Waals surface area contributed by atoms with Gasteiger partial charge in [0.25, 0.3) is 0 Å². The molecular weight excluding hydrogens is 378 g/mol. The Morgan fingerprint density at radius 2 is 1.80 bits per heavy atom. The summed E-state index contributed by atoms with van der Waals surface area (Å²) in [7, 11) is 0. The minimum Gasteiger partial charge on any atom is -0.508 e. The van der Waals surface area contributed by atoms with E-state index in [9.17, 15) is 15.0 Å². The average Bonchev–Trinajstić information content (AvgIpc) is 2.74. The molecule has 1 aromatic heterocycles. The van der Waals surface area contributed by atoms with Crippen LogP contribution in [0.5, 0.6) is 5.75 Å². The molecule has 156 valence electrons. The molecule has 6 nitrogen and oxygen atoms in total. The molecule has 1 heterocycles. The number of phenols is 1. The number of rotatable bonds is 9. The maximum absolute atomic E-state index is 12.2. The fourth-order valence-electron chi connectivity index (χ4n) is 3.10. The van der Waals surface area contributed by atoms with Crippen LogP contribution in [0.15, 0.2) is 66.9 Å². The summed E-state index contributed by atoms with van der Waals surface area (Å²) in [4.78, 5) is 16.5. The molecule has 4 N–H and O–H groups in total. The number of hydrogen-bond donors (Lipinski definition) is 4. The third-order valence-electron chi connectivity index (χ3n) is 4.89. The van der Waals surface area contributed by atoms with Crippen molar-refractivity contribution in [2.75, 3.05) is 18.4 Å². The standard InChI is InChI=1S/C24H27N3O3/c1-17-3-2-13-26-22(17)15-24(30)27-20-8-4-18(5-9-20)12-14-25-16-23(29)19-6-10-21(28)11-7-19/h2-11,13,23,25,28-29H,12,14-16H2,1H3,(H,27,30). The molecule has 0 saturated carbocycles. The van der Waals surface area contributed by atoms with E-state index in [-0.39, 0.29) is 18.1 Å². The molecule has 2 aromatic carbocycles. The Morgan fingerprint density at radius 3 is 2.50 bits per heavy atom. The normalized spacial score (nSPS) is 11.8. The Morgan fingerprint density at radius 1 is 1.07 bits per heavy atom. The number of aryl methyl sites for hydroxylation is 1. The Balaban J connectivity index is 1.40. The van der Waals surface area contributed by atoms with Gasteiger partial charge in [0.05, 0.1) is 18.2 Å². The number of carbonyl (C=O) groups is 1. The zero-order chi connectivity index (χ0) is 21.3. The lowest BCUT2D eigenvalue weighted by molar-refractivity contribution is -0.115. The average molecular weight is 405 g/mol. The number of aliphatic hydroxyl groups excluding tert-OH is 1. The molecule has 0 aliphatic carbocycles. The number of nitrogens with one attached hydrogen (secondary N) is 2. The molecule has 0 radical (unpaired) electrons. The third kappa shape index (κ3) is 6.40. The van der Waals surface area contributed by atoms with Gasteiger partial charge in [-0.3, -0.25) is 9.78 Å². The van der Waals surface area contributed by atoms with E-state index >= 15 is 0 Å². The summed E-state index contributed by atoms with van der Waals surface area (Å²) in [5.41, 5.74) is 4.45. The predicted octanol–water partition coefficient (Wildman–Crippen LogP) is 3.14. The van der Waals surface area contributed by atoms with Crippen molar-refractivity contribution in [3.63, 3.8) is 0 Å². The Kier molecular flexibility index (Phi) is 7.54. The first-order valence-electron chi connectivity index (χ1n) is 9.98. The lowest BCUT2D eigenvalue weighted by Gasteiger charge is -2.12. The zero-order valence-electron chi connectivity index (χ0n) is 17.0. The number of phenolic OH excluding ortho intramolecular Hbond substituents is 1. The van der Waals surface area contributed by atoms with E-state index in [0.717, 1.165) is 41.0 Å². The van der Waals surface area contributed by atoms with Gasteiger partial charge in [0.1, 0.15) is 5.75 Å². The summed E-state index contributed by atoms with van der Waals surface area (Å²) in [5.74, 6) is 0.0971. The van der Waals surface area contributed by atoms with Gasteiger partial charge in [0.15, 0.2) is 0 Å². The molecule has 1 unspecified atom stereocenters. The first-order valence-corrected chi connectivity index (χ1v) is 9.98. The summed E-state index contributed by atoms with van der Waals surface area (Å²) in [6.07, 6.45) is 2.14. The number of aromatic hydroxyl groups is 1. The van der Waals surface area contributed by atoms with Crippen LogP contribution < -0.4 is 10.6 Å². The minimum absolute atomic E-state index is 0.0885. The number of aromatic nitrogens is 1. The van der Waals surface area contributed by atoms with Crippen molar-refractivity contribution in [1.29, 1.82) is 0 Å². The second kappa shape index (κ2) is 10.5. The molecule has 0 bridgehead atoms. The molecule has 1 atom stereocenters. The summed E-state index contributed by atoms with van der Waals surface area (Å²) >= 11 is 0. The lowest BCUT2D eigenvalue weighted by Crippen LogP contribution is -2.23. The number of benzene rings is 2. The van der Waals surface area contributed by atoms with Crippen molar-refractivity contribution < 1.29 is 15.0 Å². The zero-order valence-corrected chi connectivity index (χ0v) is 17.0. The van der Waals surface area contributed by atoms with Gasteiger partial charge >= 0.3 is 0 Å². The minimum atomic E-state index is -0.620. The largest absolute Gasteiger partial charge is 0.508 e. The highest BCUT2D eigenvalue weighted by molar-refractivity contribution is 5.92. The summed E-state index contributed by atoms with van der Waals surface area (Å²) in [6, 6.07) is 18.1. The lowest BCUT2D eigenvalue weighted by atomic mass is 10.1. The van der Waals surface area contributed by atoms with Gasteiger partial charge in [-0.05, 0) is 66.9 Å². The summed E-state index contributed by atoms with van der Waals surface area (Å²) in [5, 5.41) is 25.6. The fourth-order valence-corrected chi connectivity index (χ4v) is 3.10. The molecule has 0 aliphatic heterocycles. The van der Waals surface area contributed by atoms with Crippen LogP contribution in [0.1, 0.15) is 28.5 Å². The van der Waals surface area contributed by atoms with Crippen LogP contribution in [0, 0.1) is 6.92 Å². The quantitative estimate of drug-likeness (QED) is 0.410. The molecule has 1 amide bonds. The molecule has 3 rings (SSSR count). The van der Waals surface area contributed by atoms with Crippen LogP contribution in [0.25, 0.3) is 0 Å². The molecule has 3 aromatic rings. The summed E-state index contributed by atoms with van der Waals surface area (Å²) < 4.78 is 0. The highest BCUT2D eigenvalue weighted by atomic mass is 16.3. The van der Waals surface area contributed by atoms with Crippen LogP contribution in [0.3, 0.4) is 0 Å². The van der Waals surface area contributed by atoms with E-state index < -0.39 is 6.10 Å². The number of amides is 1. The van der Waals surface area contributed by atoms with E-state index in [4.69, 9.17) is 0 Å².